The maximum absolute atomic E-state index is 14.7. The SMILES string of the molecule is CCN1c2cc3c(cc2C(C)CC1(C)C)C(c1ccccc1C(=O)N(C)CCCC(=O)NCC#Cc1cn([C@H]2C[C@H](O)[C@@H](COP(=O)(O)OP(=O)(O)OP(=O)(O)O)O2)c2nc(N)[nH]c(=O)c12)=c1cc2c(cc1O3)=[N+](CC)C(C)(C)CC2C. The summed E-state index contributed by atoms with van der Waals surface area (Å²) in [6.07, 6.45) is -0.352. The van der Waals surface area contributed by atoms with Crippen molar-refractivity contribution >= 4 is 63.5 Å². The predicted octanol–water partition coefficient (Wildman–Crippen LogP) is 5.58. The number of hydrogen-bond donors (Lipinski definition) is 8. The fourth-order valence-electron chi connectivity index (χ4n) is 12.4. The molecular weight excluding hydrogens is 1120 g/mol. The van der Waals surface area contributed by atoms with E-state index in [-0.39, 0.29) is 83.2 Å². The molecule has 1 fully saturated rings. The number of fused-ring (bicyclic) bond motifs is 5. The van der Waals surface area contributed by atoms with Crippen LogP contribution in [0, 0.1) is 11.8 Å². The maximum atomic E-state index is 14.7. The number of aromatic nitrogens is 3. The lowest BCUT2D eigenvalue weighted by molar-refractivity contribution is -0.121. The van der Waals surface area contributed by atoms with Gasteiger partial charge in [-0.2, -0.15) is 13.6 Å². The second-order valence-electron chi connectivity index (χ2n) is 22.5. The molecule has 2 amide bonds. The number of rotatable bonds is 17. The second kappa shape index (κ2) is 22.9. The van der Waals surface area contributed by atoms with Crippen LogP contribution in [0.15, 0.2) is 59.5 Å². The van der Waals surface area contributed by atoms with Crippen molar-refractivity contribution in [3.05, 3.63) is 109 Å². The number of phosphoric acid groups is 3. The summed E-state index contributed by atoms with van der Waals surface area (Å²) in [6.45, 7) is 19.0. The lowest BCUT2D eigenvalue weighted by atomic mass is 9.77. The number of aliphatic hydroxyl groups is 1. The average Bonchev–Trinajstić information content (AvgIpc) is 1.33. The normalized spacial score (nSPS) is 22.1. The molecule has 27 heteroatoms. The zero-order valence-corrected chi connectivity index (χ0v) is 49.7. The van der Waals surface area contributed by atoms with Crippen LogP contribution in [-0.2, 0) is 36.4 Å². The van der Waals surface area contributed by atoms with E-state index in [0.29, 0.717) is 12.0 Å². The summed E-state index contributed by atoms with van der Waals surface area (Å²) in [5, 5.41) is 15.6. The Morgan fingerprint density at radius 3 is 2.40 bits per heavy atom. The van der Waals surface area contributed by atoms with Crippen LogP contribution in [0.5, 0.6) is 11.5 Å². The lowest BCUT2D eigenvalue weighted by Gasteiger charge is -2.47. The van der Waals surface area contributed by atoms with Gasteiger partial charge in [0.2, 0.25) is 17.2 Å². The first kappa shape index (κ1) is 60.6. The number of carbonyl (C=O) groups excluding carboxylic acids is 2. The molecule has 9 rings (SSSR count). The molecule has 6 heterocycles. The summed E-state index contributed by atoms with van der Waals surface area (Å²) in [6, 6.07) is 16.6. The number of hydrogen-bond acceptors (Lipinski definition) is 15. The summed E-state index contributed by atoms with van der Waals surface area (Å²) in [5.41, 5.74) is 12.0. The fraction of sp³-hybridized carbons (Fsp3) is 0.473. The summed E-state index contributed by atoms with van der Waals surface area (Å²) >= 11 is 0. The molecule has 0 spiro atoms. The Hall–Kier alpha value is -6.02. The van der Waals surface area contributed by atoms with Gasteiger partial charge in [0.25, 0.3) is 11.5 Å². The molecule has 5 aromatic rings. The number of anilines is 2. The fourth-order valence-corrected chi connectivity index (χ4v) is 15.4. The number of nitrogen functional groups attached to an aromatic ring is 1. The smallest absolute Gasteiger partial charge is 0.456 e. The Bertz CT molecular complexity index is 3810. The summed E-state index contributed by atoms with van der Waals surface area (Å²) in [5.74, 6) is 6.88. The zero-order valence-electron chi connectivity index (χ0n) is 47.0. The van der Waals surface area contributed by atoms with Crippen molar-refractivity contribution in [3.8, 4) is 23.3 Å². The quantitative estimate of drug-likeness (QED) is 0.0314. The van der Waals surface area contributed by atoms with E-state index in [1.807, 2.05) is 24.3 Å². The second-order valence-corrected chi connectivity index (χ2v) is 26.9. The van der Waals surface area contributed by atoms with Gasteiger partial charge >= 0.3 is 23.5 Å². The van der Waals surface area contributed by atoms with Gasteiger partial charge in [0, 0.05) is 90.4 Å². The Morgan fingerprint density at radius 1 is 0.976 bits per heavy atom. The van der Waals surface area contributed by atoms with Gasteiger partial charge in [-0.1, -0.05) is 43.9 Å². The molecule has 0 saturated carbocycles. The Balaban J connectivity index is 0.900. The first-order valence-electron chi connectivity index (χ1n) is 27.0. The molecular formula is C55H70N8O16P3+. The molecule has 440 valence electrons. The number of carbonyl (C=O) groups is 2. The standard InChI is InChI=1S/C55H69N8O16P3/c1-10-62-40-24-43-38(22-36(40)31(3)27-54(62,5)6)49(39-23-37-32(4)28-55(7,8)63(11-2)41(37)25-44(39)76-43)34-17-12-13-18-35(34)52(67)60(9)21-15-19-46(65)57-20-14-16-33-29-61(50-48(33)51(66)59-53(56)58-50)47-26-42(64)45(77-47)30-75-81(71,72)79-82(73,74)78-80(68,69)70/h12-13,17-18,22-25,29,31-32,42,45,47,64H,10-11,15,19-21,26-28,30H2,1-9H3,(H7-,56,57,58,59,65,66,68,69,70,71,72,73,74)/p+1/t31?,32?,42-,45+,47+/m0/s1. The minimum absolute atomic E-state index is 0.00994. The number of ether oxygens (including phenoxy) is 2. The summed E-state index contributed by atoms with van der Waals surface area (Å²) in [4.78, 5) is 88.8. The zero-order chi connectivity index (χ0) is 59.6. The first-order chi connectivity index (χ1) is 38.4. The van der Waals surface area contributed by atoms with Gasteiger partial charge in [0.05, 0.1) is 36.3 Å². The van der Waals surface area contributed by atoms with Crippen molar-refractivity contribution in [1.82, 2.24) is 29.3 Å². The van der Waals surface area contributed by atoms with Crippen LogP contribution in [0.1, 0.15) is 144 Å². The van der Waals surface area contributed by atoms with Crippen LogP contribution < -0.4 is 41.4 Å². The van der Waals surface area contributed by atoms with Crippen molar-refractivity contribution in [2.75, 3.05) is 50.5 Å². The number of nitrogens with one attached hydrogen (secondary N) is 2. The van der Waals surface area contributed by atoms with Crippen LogP contribution in [0.4, 0.5) is 11.6 Å². The van der Waals surface area contributed by atoms with Crippen LogP contribution in [0.2, 0.25) is 0 Å². The summed E-state index contributed by atoms with van der Waals surface area (Å²) < 4.78 is 63.8. The van der Waals surface area contributed by atoms with E-state index >= 15 is 0 Å². The minimum atomic E-state index is -5.80. The van der Waals surface area contributed by atoms with Gasteiger partial charge in [0.15, 0.2) is 11.2 Å². The Morgan fingerprint density at radius 2 is 1.70 bits per heavy atom. The molecule has 24 nitrogen and oxygen atoms in total. The van der Waals surface area contributed by atoms with Gasteiger partial charge in [0.1, 0.15) is 30.4 Å². The molecule has 4 unspecified atom stereocenters. The monoisotopic (exact) mass is 1190 g/mol. The van der Waals surface area contributed by atoms with Gasteiger partial charge in [-0.05, 0) is 95.5 Å². The number of amides is 2. The Kier molecular flexibility index (Phi) is 16.9. The molecule has 82 heavy (non-hydrogen) atoms. The highest BCUT2D eigenvalue weighted by atomic mass is 31.3. The number of aromatic amines is 1. The number of benzene rings is 3. The van der Waals surface area contributed by atoms with Crippen LogP contribution in [0.25, 0.3) is 16.6 Å². The van der Waals surface area contributed by atoms with E-state index in [0.717, 1.165) is 70.4 Å². The average molecular weight is 1190 g/mol. The minimum Gasteiger partial charge on any atom is -0.456 e. The number of nitrogens with zero attached hydrogens (tertiary/aromatic N) is 5. The number of H-pyrrole nitrogens is 1. The van der Waals surface area contributed by atoms with Crippen molar-refractivity contribution in [2.45, 2.75) is 129 Å². The molecule has 0 aliphatic carbocycles. The number of phosphoric ester groups is 1. The molecule has 0 bridgehead atoms. The third-order valence-corrected chi connectivity index (χ3v) is 19.5. The number of aliphatic hydroxyl groups excluding tert-OH is 1. The van der Waals surface area contributed by atoms with E-state index < -0.39 is 54.1 Å². The molecule has 2 aromatic heterocycles. The van der Waals surface area contributed by atoms with E-state index in [1.165, 1.54) is 21.9 Å². The maximum Gasteiger partial charge on any atom is 0.490 e. The van der Waals surface area contributed by atoms with Crippen molar-refractivity contribution < 1.29 is 70.6 Å². The van der Waals surface area contributed by atoms with E-state index in [9.17, 15) is 43.0 Å². The molecule has 3 aromatic carbocycles. The van der Waals surface area contributed by atoms with Crippen LogP contribution >= 0.6 is 23.5 Å². The lowest BCUT2D eigenvalue weighted by Crippen LogP contribution is -2.52. The van der Waals surface area contributed by atoms with Gasteiger partial charge in [-0.3, -0.25) is 23.9 Å². The highest BCUT2D eigenvalue weighted by Crippen LogP contribution is 2.66. The largest absolute Gasteiger partial charge is 0.490 e. The highest BCUT2D eigenvalue weighted by molar-refractivity contribution is 7.66. The van der Waals surface area contributed by atoms with Crippen LogP contribution in [-0.4, -0.2) is 119 Å². The first-order valence-corrected chi connectivity index (χ1v) is 31.5. The van der Waals surface area contributed by atoms with Crippen molar-refractivity contribution in [2.24, 2.45) is 0 Å². The molecule has 4 aliphatic heterocycles. The third kappa shape index (κ3) is 12.4. The number of nitrogens with two attached hydrogens (primary N) is 1. The molecule has 7 atom stereocenters. The molecule has 4 aliphatic rings. The highest BCUT2D eigenvalue weighted by Gasteiger charge is 2.44. The topological polar surface area (TPSA) is 331 Å². The molecule has 0 radical (unpaired) electrons. The van der Waals surface area contributed by atoms with Gasteiger partial charge in [-0.15, -0.1) is 0 Å². The predicted molar refractivity (Wildman–Crippen MR) is 304 cm³/mol. The molecule has 1 saturated heterocycles. The van der Waals surface area contributed by atoms with E-state index in [2.05, 4.69) is 129 Å². The van der Waals surface area contributed by atoms with Crippen LogP contribution in [0.3, 0.4) is 0 Å². The van der Waals surface area contributed by atoms with Crippen molar-refractivity contribution in [1.29, 1.82) is 0 Å². The summed E-state index contributed by atoms with van der Waals surface area (Å²) in [7, 11) is -15.2. The van der Waals surface area contributed by atoms with Crippen molar-refractivity contribution in [3.63, 3.8) is 0 Å². The Labute approximate surface area is 473 Å². The molecule has 9 N–H and O–H groups in total. The van der Waals surface area contributed by atoms with E-state index in [1.54, 1.807) is 11.9 Å². The van der Waals surface area contributed by atoms with Gasteiger partial charge < -0.3 is 59.6 Å². The third-order valence-electron chi connectivity index (χ3n) is 15.7. The van der Waals surface area contributed by atoms with Gasteiger partial charge in [-0.25, -0.2) is 18.3 Å². The van der Waals surface area contributed by atoms with E-state index in [4.69, 9.17) is 25.0 Å².